The van der Waals surface area contributed by atoms with Gasteiger partial charge in [-0.2, -0.15) is 0 Å². The van der Waals surface area contributed by atoms with E-state index in [0.29, 0.717) is 0 Å². The van der Waals surface area contributed by atoms with Crippen LogP contribution in [0.25, 0.3) is 0 Å². The summed E-state index contributed by atoms with van der Waals surface area (Å²) in [4.78, 5) is 22.9. The van der Waals surface area contributed by atoms with Crippen molar-refractivity contribution in [3.05, 3.63) is 24.2 Å². The second-order valence-corrected chi connectivity index (χ2v) is 4.60. The fraction of sp³-hybridized carbons (Fsp3) is 0.538. The normalized spacial score (nSPS) is 12.2. The number of carbonyl (C=O) groups excluding carboxylic acids is 2. The number of furan rings is 1. The third kappa shape index (κ3) is 5.56. The summed E-state index contributed by atoms with van der Waals surface area (Å²) in [6.07, 6.45) is 1.02. The van der Waals surface area contributed by atoms with Gasteiger partial charge in [0.05, 0.1) is 12.4 Å². The Morgan fingerprint density at radius 2 is 2.11 bits per heavy atom. The molecule has 1 heterocycles. The Kier molecular flexibility index (Phi) is 6.08. The molecule has 19 heavy (non-hydrogen) atoms. The summed E-state index contributed by atoms with van der Waals surface area (Å²) in [5, 5.41) is 14.7. The van der Waals surface area contributed by atoms with Gasteiger partial charge in [0.2, 0.25) is 5.91 Å². The van der Waals surface area contributed by atoms with E-state index in [2.05, 4.69) is 10.6 Å². The zero-order chi connectivity index (χ0) is 14.3. The zero-order valence-corrected chi connectivity index (χ0v) is 11.2. The van der Waals surface area contributed by atoms with Crippen molar-refractivity contribution in [1.82, 2.24) is 10.6 Å². The summed E-state index contributed by atoms with van der Waals surface area (Å²) in [5.41, 5.74) is 0. The van der Waals surface area contributed by atoms with E-state index in [4.69, 9.17) is 4.42 Å². The monoisotopic (exact) mass is 268 g/mol. The quantitative estimate of drug-likeness (QED) is 0.672. The van der Waals surface area contributed by atoms with Crippen LogP contribution in [0.3, 0.4) is 0 Å². The van der Waals surface area contributed by atoms with Crippen LogP contribution in [0.4, 0.5) is 0 Å². The van der Waals surface area contributed by atoms with Crippen LogP contribution in [0.1, 0.15) is 30.8 Å². The second kappa shape index (κ2) is 7.58. The van der Waals surface area contributed by atoms with Crippen molar-refractivity contribution < 1.29 is 19.1 Å². The van der Waals surface area contributed by atoms with Gasteiger partial charge >= 0.3 is 0 Å². The van der Waals surface area contributed by atoms with E-state index in [0.717, 1.165) is 0 Å². The largest absolute Gasteiger partial charge is 0.459 e. The molecule has 1 aromatic heterocycles. The summed E-state index contributed by atoms with van der Waals surface area (Å²) in [6.45, 7) is 4.20. The molecule has 0 spiro atoms. The lowest BCUT2D eigenvalue weighted by Crippen LogP contribution is -2.36. The van der Waals surface area contributed by atoms with E-state index in [1.807, 2.05) is 13.8 Å². The molecule has 0 bridgehead atoms. The minimum absolute atomic E-state index is 0.0963. The first-order valence-electron chi connectivity index (χ1n) is 6.27. The minimum Gasteiger partial charge on any atom is -0.459 e. The molecule has 0 aliphatic heterocycles. The van der Waals surface area contributed by atoms with Crippen LogP contribution in [-0.4, -0.2) is 36.1 Å². The van der Waals surface area contributed by atoms with Crippen LogP contribution in [0, 0.1) is 5.92 Å². The lowest BCUT2D eigenvalue weighted by molar-refractivity contribution is -0.121. The van der Waals surface area contributed by atoms with Gasteiger partial charge in [0.25, 0.3) is 5.91 Å². The Morgan fingerprint density at radius 3 is 2.68 bits per heavy atom. The molecule has 1 aromatic rings. The summed E-state index contributed by atoms with van der Waals surface area (Å²) < 4.78 is 4.91. The summed E-state index contributed by atoms with van der Waals surface area (Å²) >= 11 is 0. The number of hydrogen-bond donors (Lipinski definition) is 3. The van der Waals surface area contributed by atoms with E-state index in [1.54, 1.807) is 12.1 Å². The predicted molar refractivity (Wildman–Crippen MR) is 69.5 cm³/mol. The Morgan fingerprint density at radius 1 is 1.37 bits per heavy atom. The molecular weight excluding hydrogens is 248 g/mol. The van der Waals surface area contributed by atoms with Gasteiger partial charge in [-0.1, -0.05) is 13.8 Å². The number of aliphatic hydroxyl groups excluding tert-OH is 1. The Hall–Kier alpha value is -1.82. The molecule has 0 saturated carbocycles. The van der Waals surface area contributed by atoms with E-state index < -0.39 is 6.10 Å². The smallest absolute Gasteiger partial charge is 0.286 e. The molecule has 0 radical (unpaired) electrons. The highest BCUT2D eigenvalue weighted by Gasteiger charge is 2.11. The van der Waals surface area contributed by atoms with Gasteiger partial charge in [0.15, 0.2) is 5.76 Å². The maximum absolute atomic E-state index is 11.5. The van der Waals surface area contributed by atoms with Crippen molar-refractivity contribution in [3.8, 4) is 0 Å². The van der Waals surface area contributed by atoms with Gasteiger partial charge in [-0.25, -0.2) is 0 Å². The highest BCUT2D eigenvalue weighted by molar-refractivity contribution is 5.91. The highest BCUT2D eigenvalue weighted by Crippen LogP contribution is 2.00. The van der Waals surface area contributed by atoms with Crippen LogP contribution >= 0.6 is 0 Å². The van der Waals surface area contributed by atoms with Crippen LogP contribution < -0.4 is 10.6 Å². The van der Waals surface area contributed by atoms with Crippen molar-refractivity contribution in [2.75, 3.05) is 13.1 Å². The number of nitrogens with one attached hydrogen (secondary N) is 2. The first-order valence-corrected chi connectivity index (χ1v) is 6.27. The standard InChI is InChI=1S/C13H20N2O4/c1-9(2)10(16)8-15-12(17)5-6-14-13(18)11-4-3-7-19-11/h3-4,7,9-10,16H,5-6,8H2,1-2H3,(H,14,18)(H,15,17). The molecule has 3 N–H and O–H groups in total. The van der Waals surface area contributed by atoms with Crippen molar-refractivity contribution in [2.45, 2.75) is 26.4 Å². The maximum atomic E-state index is 11.5. The molecular formula is C13H20N2O4. The van der Waals surface area contributed by atoms with Gasteiger partial charge in [-0.15, -0.1) is 0 Å². The molecule has 0 aliphatic rings. The molecule has 1 unspecified atom stereocenters. The van der Waals surface area contributed by atoms with Gasteiger partial charge in [-0.3, -0.25) is 9.59 Å². The highest BCUT2D eigenvalue weighted by atomic mass is 16.3. The number of hydrogen-bond acceptors (Lipinski definition) is 4. The minimum atomic E-state index is -0.554. The van der Waals surface area contributed by atoms with Gasteiger partial charge in [0.1, 0.15) is 0 Å². The fourth-order valence-electron chi connectivity index (χ4n) is 1.33. The van der Waals surface area contributed by atoms with E-state index >= 15 is 0 Å². The van der Waals surface area contributed by atoms with Gasteiger partial charge in [-0.05, 0) is 18.1 Å². The van der Waals surface area contributed by atoms with Crippen LogP contribution in [-0.2, 0) is 4.79 Å². The first kappa shape index (κ1) is 15.2. The molecule has 2 amide bonds. The van der Waals surface area contributed by atoms with Crippen LogP contribution in [0.5, 0.6) is 0 Å². The zero-order valence-electron chi connectivity index (χ0n) is 11.2. The lowest BCUT2D eigenvalue weighted by atomic mass is 10.1. The molecule has 0 aliphatic carbocycles. The van der Waals surface area contributed by atoms with E-state index in [1.165, 1.54) is 6.26 Å². The van der Waals surface area contributed by atoms with E-state index in [9.17, 15) is 14.7 Å². The third-order valence-electron chi connectivity index (χ3n) is 2.66. The van der Waals surface area contributed by atoms with Gasteiger partial charge in [0, 0.05) is 19.5 Å². The maximum Gasteiger partial charge on any atom is 0.286 e. The number of aliphatic hydroxyl groups is 1. The SMILES string of the molecule is CC(C)C(O)CNC(=O)CCNC(=O)c1ccco1. The molecule has 0 fully saturated rings. The molecule has 106 valence electrons. The molecule has 6 heteroatoms. The molecule has 1 rings (SSSR count). The van der Waals surface area contributed by atoms with Crippen LogP contribution in [0.2, 0.25) is 0 Å². The number of carbonyl (C=O) groups is 2. The average Bonchev–Trinajstić information content (AvgIpc) is 2.89. The Labute approximate surface area is 112 Å². The third-order valence-corrected chi connectivity index (χ3v) is 2.66. The summed E-state index contributed by atoms with van der Waals surface area (Å²) in [5.74, 6) is -0.242. The van der Waals surface area contributed by atoms with Crippen LogP contribution in [0.15, 0.2) is 22.8 Å². The average molecular weight is 268 g/mol. The number of amides is 2. The Balaban J connectivity index is 2.15. The van der Waals surface area contributed by atoms with Crippen molar-refractivity contribution in [1.29, 1.82) is 0 Å². The second-order valence-electron chi connectivity index (χ2n) is 4.60. The number of rotatable bonds is 7. The van der Waals surface area contributed by atoms with Crippen molar-refractivity contribution in [3.63, 3.8) is 0 Å². The summed E-state index contributed by atoms with van der Waals surface area (Å²) in [7, 11) is 0. The molecule has 1 atom stereocenters. The predicted octanol–water partition coefficient (Wildman–Crippen LogP) is 0.533. The fourth-order valence-corrected chi connectivity index (χ4v) is 1.33. The first-order chi connectivity index (χ1) is 9.00. The molecule has 0 aromatic carbocycles. The van der Waals surface area contributed by atoms with Gasteiger partial charge < -0.3 is 20.2 Å². The van der Waals surface area contributed by atoms with E-state index in [-0.39, 0.29) is 43.0 Å². The molecule has 6 nitrogen and oxygen atoms in total. The Bertz CT molecular complexity index is 401. The molecule has 0 saturated heterocycles. The lowest BCUT2D eigenvalue weighted by Gasteiger charge is -2.14. The van der Waals surface area contributed by atoms with Crippen molar-refractivity contribution in [2.24, 2.45) is 5.92 Å². The summed E-state index contributed by atoms with van der Waals surface area (Å²) in [6, 6.07) is 3.17. The topological polar surface area (TPSA) is 91.6 Å². The van der Waals surface area contributed by atoms with Crippen molar-refractivity contribution >= 4 is 11.8 Å².